The predicted octanol–water partition coefficient (Wildman–Crippen LogP) is 3.37. The van der Waals surface area contributed by atoms with Gasteiger partial charge in [0.15, 0.2) is 0 Å². The molecule has 8 nitrogen and oxygen atoms in total. The van der Waals surface area contributed by atoms with Crippen LogP contribution in [0.25, 0.3) is 11.5 Å². The van der Waals surface area contributed by atoms with Crippen LogP contribution in [0, 0.1) is 5.41 Å². The Morgan fingerprint density at radius 1 is 1.14 bits per heavy atom. The number of ether oxygens (including phenoxy) is 2. The number of nitrogens with zero attached hydrogens (tertiary/aromatic N) is 3. The summed E-state index contributed by atoms with van der Waals surface area (Å²) in [7, 11) is 1.62. The van der Waals surface area contributed by atoms with Crippen molar-refractivity contribution >= 4 is 5.97 Å². The molecule has 0 aliphatic carbocycles. The maximum atomic E-state index is 11.2. The van der Waals surface area contributed by atoms with Crippen molar-refractivity contribution in [3.63, 3.8) is 0 Å². The average Bonchev–Trinajstić information content (AvgIpc) is 3.15. The number of hydrogen-bond acceptors (Lipinski definition) is 7. The van der Waals surface area contributed by atoms with Crippen LogP contribution in [0.2, 0.25) is 0 Å². The molecule has 0 bridgehead atoms. The summed E-state index contributed by atoms with van der Waals surface area (Å²) >= 11 is 0. The zero-order chi connectivity index (χ0) is 20.1. The van der Waals surface area contributed by atoms with Crippen molar-refractivity contribution in [1.29, 1.82) is 0 Å². The Morgan fingerprint density at radius 3 is 2.46 bits per heavy atom. The minimum absolute atomic E-state index is 0.137. The van der Waals surface area contributed by atoms with Crippen LogP contribution < -0.4 is 9.47 Å². The Morgan fingerprint density at radius 2 is 1.86 bits per heavy atom. The fourth-order valence-electron chi connectivity index (χ4n) is 2.37. The highest BCUT2D eigenvalue weighted by molar-refractivity contribution is 5.73. The molecule has 0 saturated carbocycles. The number of aromatic nitrogens is 3. The van der Waals surface area contributed by atoms with Gasteiger partial charge < -0.3 is 19.1 Å². The fraction of sp³-hybridized carbons (Fsp3) is 0.300. The van der Waals surface area contributed by atoms with Gasteiger partial charge in [0, 0.05) is 6.42 Å². The largest absolute Gasteiger partial charge is 0.497 e. The number of pyridine rings is 1. The molecule has 0 atom stereocenters. The molecule has 8 heteroatoms. The summed E-state index contributed by atoms with van der Waals surface area (Å²) in [6.45, 7) is 3.61. The molecule has 1 N–H and O–H groups in total. The van der Waals surface area contributed by atoms with Gasteiger partial charge in [-0.3, -0.25) is 4.79 Å². The third-order valence-electron chi connectivity index (χ3n) is 4.17. The molecule has 0 saturated heterocycles. The molecule has 0 unspecified atom stereocenters. The number of carboxylic acid groups (broad SMARTS) is 1. The number of hydrogen-bond donors (Lipinski definition) is 1. The lowest BCUT2D eigenvalue weighted by molar-refractivity contribution is -0.147. The van der Waals surface area contributed by atoms with Crippen LogP contribution in [0.1, 0.15) is 25.3 Å². The van der Waals surface area contributed by atoms with E-state index in [4.69, 9.17) is 14.0 Å². The lowest BCUT2D eigenvalue weighted by Crippen LogP contribution is -2.26. The number of carbonyl (C=O) groups is 1. The van der Waals surface area contributed by atoms with Gasteiger partial charge in [0.1, 0.15) is 23.8 Å². The highest BCUT2D eigenvalue weighted by Gasteiger charge is 2.30. The topological polar surface area (TPSA) is 108 Å². The van der Waals surface area contributed by atoms with Gasteiger partial charge in [-0.05, 0) is 43.7 Å². The summed E-state index contributed by atoms with van der Waals surface area (Å²) in [6.07, 6.45) is 1.72. The normalized spacial score (nSPS) is 11.2. The van der Waals surface area contributed by atoms with Crippen molar-refractivity contribution in [2.24, 2.45) is 5.41 Å². The van der Waals surface area contributed by atoms with Crippen molar-refractivity contribution in [2.45, 2.75) is 26.9 Å². The van der Waals surface area contributed by atoms with Crippen LogP contribution in [0.3, 0.4) is 0 Å². The molecule has 0 fully saturated rings. The first-order valence-corrected chi connectivity index (χ1v) is 8.65. The van der Waals surface area contributed by atoms with Gasteiger partial charge in [-0.25, -0.2) is 4.98 Å². The van der Waals surface area contributed by atoms with Gasteiger partial charge in [-0.2, -0.15) is 4.98 Å². The van der Waals surface area contributed by atoms with Crippen molar-refractivity contribution < 1.29 is 23.9 Å². The first kappa shape index (κ1) is 19.3. The Bertz CT molecular complexity index is 933. The molecule has 0 amide bonds. The van der Waals surface area contributed by atoms with E-state index >= 15 is 0 Å². The lowest BCUT2D eigenvalue weighted by atomic mass is 9.90. The van der Waals surface area contributed by atoms with Crippen molar-refractivity contribution in [3.05, 3.63) is 54.0 Å². The van der Waals surface area contributed by atoms with Crippen LogP contribution in [0.5, 0.6) is 11.5 Å². The molecule has 0 aliphatic rings. The quantitative estimate of drug-likeness (QED) is 0.631. The minimum Gasteiger partial charge on any atom is -0.497 e. The zero-order valence-electron chi connectivity index (χ0n) is 15.9. The van der Waals surface area contributed by atoms with Gasteiger partial charge in [0.2, 0.25) is 11.7 Å². The highest BCUT2D eigenvalue weighted by atomic mass is 16.5. The van der Waals surface area contributed by atoms with E-state index in [2.05, 4.69) is 15.1 Å². The van der Waals surface area contributed by atoms with Crippen LogP contribution in [-0.4, -0.2) is 33.3 Å². The van der Waals surface area contributed by atoms with E-state index < -0.39 is 11.4 Å². The van der Waals surface area contributed by atoms with E-state index in [1.54, 1.807) is 39.3 Å². The fourth-order valence-corrected chi connectivity index (χ4v) is 2.37. The van der Waals surface area contributed by atoms with E-state index in [9.17, 15) is 9.90 Å². The summed E-state index contributed by atoms with van der Waals surface area (Å²) in [4.78, 5) is 19.7. The summed E-state index contributed by atoms with van der Waals surface area (Å²) < 4.78 is 16.0. The highest BCUT2D eigenvalue weighted by Crippen LogP contribution is 2.23. The first-order chi connectivity index (χ1) is 13.4. The molecule has 3 aromatic rings. The Hall–Kier alpha value is -3.42. The van der Waals surface area contributed by atoms with Crippen LogP contribution in [0.4, 0.5) is 0 Å². The maximum absolute atomic E-state index is 11.2. The molecule has 2 heterocycles. The van der Waals surface area contributed by atoms with E-state index in [0.717, 1.165) is 11.3 Å². The first-order valence-electron chi connectivity index (χ1n) is 8.65. The molecule has 28 heavy (non-hydrogen) atoms. The Balaban J connectivity index is 1.62. The SMILES string of the molecule is COc1ccc(COc2ccc(-c3noc(CC(C)(C)C(=O)O)n3)nc2)cc1. The summed E-state index contributed by atoms with van der Waals surface area (Å²) in [5.74, 6) is 1.03. The second-order valence-corrected chi connectivity index (χ2v) is 6.89. The molecule has 0 aliphatic heterocycles. The van der Waals surface area contributed by atoms with Crippen molar-refractivity contribution in [3.8, 4) is 23.0 Å². The smallest absolute Gasteiger partial charge is 0.309 e. The monoisotopic (exact) mass is 383 g/mol. The van der Waals surface area contributed by atoms with E-state index in [-0.39, 0.29) is 12.3 Å². The zero-order valence-corrected chi connectivity index (χ0v) is 15.9. The van der Waals surface area contributed by atoms with Crippen LogP contribution in [0.15, 0.2) is 47.1 Å². The number of methoxy groups -OCH3 is 1. The van der Waals surface area contributed by atoms with Crippen molar-refractivity contribution in [1.82, 2.24) is 15.1 Å². The van der Waals surface area contributed by atoms with Gasteiger partial charge in [0.25, 0.3) is 0 Å². The third kappa shape index (κ3) is 4.64. The van der Waals surface area contributed by atoms with Crippen LogP contribution in [-0.2, 0) is 17.8 Å². The second kappa shape index (κ2) is 8.08. The average molecular weight is 383 g/mol. The maximum Gasteiger partial charge on any atom is 0.309 e. The summed E-state index contributed by atoms with van der Waals surface area (Å²) in [5, 5.41) is 13.1. The second-order valence-electron chi connectivity index (χ2n) is 6.89. The van der Waals surface area contributed by atoms with Gasteiger partial charge >= 0.3 is 5.97 Å². The molecule has 3 rings (SSSR count). The molecule has 0 radical (unpaired) electrons. The summed E-state index contributed by atoms with van der Waals surface area (Å²) in [5.41, 5.74) is 0.532. The van der Waals surface area contributed by atoms with E-state index in [1.807, 2.05) is 24.3 Å². The number of benzene rings is 1. The molecular weight excluding hydrogens is 362 g/mol. The van der Waals surface area contributed by atoms with E-state index in [0.29, 0.717) is 23.9 Å². The standard InChI is InChI=1S/C20H21N3O5/c1-20(2,19(24)25)10-17-22-18(23-28-17)16-9-8-15(11-21-16)27-12-13-4-6-14(26-3)7-5-13/h4-9,11H,10,12H2,1-3H3,(H,24,25). The molecule has 146 valence electrons. The minimum atomic E-state index is -0.990. The van der Waals surface area contributed by atoms with Gasteiger partial charge in [-0.1, -0.05) is 17.3 Å². The van der Waals surface area contributed by atoms with Gasteiger partial charge in [0.05, 0.1) is 18.7 Å². The lowest BCUT2D eigenvalue weighted by Gasteiger charge is -2.15. The third-order valence-corrected chi connectivity index (χ3v) is 4.17. The molecule has 0 spiro atoms. The van der Waals surface area contributed by atoms with Gasteiger partial charge in [-0.15, -0.1) is 0 Å². The van der Waals surface area contributed by atoms with Crippen molar-refractivity contribution in [2.75, 3.05) is 7.11 Å². The molecule has 2 aromatic heterocycles. The Kier molecular flexibility index (Phi) is 5.58. The van der Waals surface area contributed by atoms with E-state index in [1.165, 1.54) is 0 Å². The predicted molar refractivity (Wildman–Crippen MR) is 100.0 cm³/mol. The number of carboxylic acids is 1. The van der Waals surface area contributed by atoms with Crippen LogP contribution >= 0.6 is 0 Å². The summed E-state index contributed by atoms with van der Waals surface area (Å²) in [6, 6.07) is 11.1. The number of aliphatic carboxylic acids is 1. The Labute approximate surface area is 162 Å². The number of rotatable bonds is 8. The molecule has 1 aromatic carbocycles. The molecular formula is C20H21N3O5.